The van der Waals surface area contributed by atoms with Gasteiger partial charge in [-0.1, -0.05) is 25.1 Å². The number of alkyl halides is 2. The second-order valence-corrected chi connectivity index (χ2v) is 8.27. The molecule has 0 aromatic heterocycles. The molecule has 18 heavy (non-hydrogen) atoms. The molecule has 0 amide bonds. The predicted octanol–water partition coefficient (Wildman–Crippen LogP) is 4.11. The summed E-state index contributed by atoms with van der Waals surface area (Å²) in [6.07, 6.45) is 0. The van der Waals surface area contributed by atoms with Crippen molar-refractivity contribution in [2.75, 3.05) is 14.1 Å². The number of quaternary nitrogens is 1. The summed E-state index contributed by atoms with van der Waals surface area (Å²) in [6.45, 7) is 6.76. The van der Waals surface area contributed by atoms with Crippen LogP contribution in [0.15, 0.2) is 24.3 Å². The van der Waals surface area contributed by atoms with Crippen LogP contribution >= 0.6 is 23.2 Å². The molecule has 1 heterocycles. The van der Waals surface area contributed by atoms with Crippen LogP contribution in [0.25, 0.3) is 0 Å². The molecule has 0 bridgehead atoms. The molecule has 1 saturated carbocycles. The van der Waals surface area contributed by atoms with Gasteiger partial charge in [0.25, 0.3) is 0 Å². The van der Waals surface area contributed by atoms with E-state index in [0.29, 0.717) is 0 Å². The fraction of sp³-hybridized carbons (Fsp3) is 0.600. The highest BCUT2D eigenvalue weighted by atomic mass is 35.5. The standard InChI is InChI=1S/C15H20Cl2N/c1-13(2)12-14(3,15(12,16)17)10-8-6-7-9-11(10)18(13,4)5/h6-9,12H,1-5H3/q+1/t12-,14-/m0/s1. The summed E-state index contributed by atoms with van der Waals surface area (Å²) in [7, 11) is 4.50. The number of hydrogen-bond acceptors (Lipinski definition) is 0. The third-order valence-corrected chi connectivity index (χ3v) is 6.98. The second-order valence-electron chi connectivity index (χ2n) is 6.88. The van der Waals surface area contributed by atoms with E-state index < -0.39 is 4.33 Å². The van der Waals surface area contributed by atoms with Gasteiger partial charge < -0.3 is 0 Å². The smallest absolute Gasteiger partial charge is 0.138 e. The second kappa shape index (κ2) is 3.08. The molecule has 1 fully saturated rings. The maximum absolute atomic E-state index is 6.65. The molecule has 3 heteroatoms. The van der Waals surface area contributed by atoms with Gasteiger partial charge in [-0.3, -0.25) is 4.48 Å². The first-order valence-electron chi connectivity index (χ1n) is 6.41. The molecule has 0 saturated heterocycles. The number of para-hydroxylation sites is 1. The van der Waals surface area contributed by atoms with Crippen molar-refractivity contribution in [1.82, 2.24) is 4.48 Å². The van der Waals surface area contributed by atoms with Crippen molar-refractivity contribution >= 4 is 28.9 Å². The fourth-order valence-corrected chi connectivity index (χ4v) is 5.33. The lowest BCUT2D eigenvalue weighted by Crippen LogP contribution is -2.62. The van der Waals surface area contributed by atoms with Gasteiger partial charge in [-0.15, -0.1) is 23.2 Å². The molecule has 1 aromatic rings. The molecule has 0 unspecified atom stereocenters. The zero-order chi connectivity index (χ0) is 13.6. The van der Waals surface area contributed by atoms with E-state index in [1.807, 2.05) is 0 Å². The monoisotopic (exact) mass is 284 g/mol. The lowest BCUT2D eigenvalue weighted by Gasteiger charge is -2.49. The largest absolute Gasteiger partial charge is 0.291 e. The summed E-state index contributed by atoms with van der Waals surface area (Å²) in [6, 6.07) is 8.58. The molecule has 2 aliphatic rings. The Balaban J connectivity index is 2.35. The van der Waals surface area contributed by atoms with E-state index in [0.717, 1.165) is 4.48 Å². The molecular weight excluding hydrogens is 265 g/mol. The van der Waals surface area contributed by atoms with Gasteiger partial charge in [0.2, 0.25) is 0 Å². The van der Waals surface area contributed by atoms with Crippen LogP contribution in [0.2, 0.25) is 0 Å². The molecule has 2 atom stereocenters. The summed E-state index contributed by atoms with van der Waals surface area (Å²) < 4.78 is 0.170. The van der Waals surface area contributed by atoms with Gasteiger partial charge in [0.1, 0.15) is 15.6 Å². The van der Waals surface area contributed by atoms with E-state index in [4.69, 9.17) is 23.2 Å². The Labute approximate surface area is 119 Å². The van der Waals surface area contributed by atoms with Gasteiger partial charge in [0.05, 0.1) is 20.0 Å². The molecule has 3 rings (SSSR count). The molecule has 0 spiro atoms. The van der Waals surface area contributed by atoms with Gasteiger partial charge in [0.15, 0.2) is 0 Å². The Morgan fingerprint density at radius 3 is 2.22 bits per heavy atom. The number of hydrogen-bond donors (Lipinski definition) is 0. The molecule has 0 radical (unpaired) electrons. The van der Waals surface area contributed by atoms with Crippen LogP contribution in [0.5, 0.6) is 0 Å². The maximum Gasteiger partial charge on any atom is 0.138 e. The lowest BCUT2D eigenvalue weighted by molar-refractivity contribution is 0.143. The molecule has 1 aliphatic carbocycles. The van der Waals surface area contributed by atoms with Crippen LogP contribution in [0.1, 0.15) is 26.3 Å². The van der Waals surface area contributed by atoms with Crippen molar-refractivity contribution in [3.63, 3.8) is 0 Å². The van der Waals surface area contributed by atoms with Crippen molar-refractivity contribution in [3.8, 4) is 0 Å². The van der Waals surface area contributed by atoms with Crippen molar-refractivity contribution in [2.24, 2.45) is 5.92 Å². The third-order valence-electron chi connectivity index (χ3n) is 5.76. The van der Waals surface area contributed by atoms with Crippen molar-refractivity contribution in [3.05, 3.63) is 29.8 Å². The highest BCUT2D eigenvalue weighted by Gasteiger charge is 2.84. The molecule has 1 aromatic carbocycles. The van der Waals surface area contributed by atoms with Gasteiger partial charge in [-0.05, 0) is 19.9 Å². The highest BCUT2D eigenvalue weighted by molar-refractivity contribution is 6.52. The van der Waals surface area contributed by atoms with E-state index >= 15 is 0 Å². The van der Waals surface area contributed by atoms with E-state index in [1.165, 1.54) is 11.3 Å². The minimum absolute atomic E-state index is 0.0204. The average molecular weight is 285 g/mol. The van der Waals surface area contributed by atoms with Crippen LogP contribution in [-0.4, -0.2) is 24.0 Å². The summed E-state index contributed by atoms with van der Waals surface area (Å²) in [5.41, 5.74) is 2.55. The molecule has 98 valence electrons. The molecular formula is C15H20Cl2N+. The number of rotatable bonds is 0. The summed E-state index contributed by atoms with van der Waals surface area (Å²) in [5.74, 6) is 0.283. The topological polar surface area (TPSA) is 0 Å². The van der Waals surface area contributed by atoms with E-state index in [9.17, 15) is 0 Å². The van der Waals surface area contributed by atoms with Crippen LogP contribution < -0.4 is 4.48 Å². The lowest BCUT2D eigenvalue weighted by atomic mass is 9.78. The Morgan fingerprint density at radius 1 is 1.06 bits per heavy atom. The maximum atomic E-state index is 6.65. The Kier molecular flexibility index (Phi) is 2.19. The zero-order valence-electron chi connectivity index (χ0n) is 11.6. The van der Waals surface area contributed by atoms with Gasteiger partial charge in [0, 0.05) is 11.0 Å². The minimum atomic E-state index is -0.654. The van der Waals surface area contributed by atoms with Gasteiger partial charge in [-0.25, -0.2) is 0 Å². The summed E-state index contributed by atoms with van der Waals surface area (Å²) in [5, 5.41) is 0. The first-order valence-corrected chi connectivity index (χ1v) is 7.17. The van der Waals surface area contributed by atoms with Crippen molar-refractivity contribution < 1.29 is 0 Å². The Bertz CT molecular complexity index is 518. The number of fused-ring (bicyclic) bond motifs is 3. The quantitative estimate of drug-likeness (QED) is 0.497. The van der Waals surface area contributed by atoms with Crippen LogP contribution in [0.3, 0.4) is 0 Å². The van der Waals surface area contributed by atoms with Crippen LogP contribution in [-0.2, 0) is 5.41 Å². The summed E-state index contributed by atoms with van der Waals surface area (Å²) in [4.78, 5) is 0. The average Bonchev–Trinajstić information content (AvgIpc) is 2.73. The number of halogens is 2. The molecule has 1 nitrogen and oxygen atoms in total. The normalized spacial score (nSPS) is 37.6. The number of benzene rings is 1. The summed E-state index contributed by atoms with van der Waals surface area (Å²) >= 11 is 13.3. The molecule has 1 aliphatic heterocycles. The zero-order valence-corrected chi connectivity index (χ0v) is 13.1. The van der Waals surface area contributed by atoms with Gasteiger partial charge in [-0.2, -0.15) is 0 Å². The Hall–Kier alpha value is -0.240. The van der Waals surface area contributed by atoms with Crippen LogP contribution in [0.4, 0.5) is 5.69 Å². The van der Waals surface area contributed by atoms with E-state index in [2.05, 4.69) is 59.1 Å². The van der Waals surface area contributed by atoms with E-state index in [-0.39, 0.29) is 16.9 Å². The minimum Gasteiger partial charge on any atom is -0.291 e. The molecule has 0 N–H and O–H groups in total. The highest BCUT2D eigenvalue weighted by Crippen LogP contribution is 2.77. The SMILES string of the molecule is CC1(C)[C@@H]2C(Cl)(Cl)[C@@]2(C)c2ccccc2[N+]1(C)C. The first-order chi connectivity index (χ1) is 8.09. The van der Waals surface area contributed by atoms with Crippen molar-refractivity contribution in [2.45, 2.75) is 36.1 Å². The van der Waals surface area contributed by atoms with Crippen molar-refractivity contribution in [1.29, 1.82) is 0 Å². The van der Waals surface area contributed by atoms with E-state index in [1.54, 1.807) is 0 Å². The fourth-order valence-electron chi connectivity index (χ4n) is 4.05. The predicted molar refractivity (Wildman–Crippen MR) is 79.4 cm³/mol. The van der Waals surface area contributed by atoms with Gasteiger partial charge >= 0.3 is 0 Å². The first kappa shape index (κ1) is 12.8. The Morgan fingerprint density at radius 2 is 1.61 bits per heavy atom. The third kappa shape index (κ3) is 1.07. The van der Waals surface area contributed by atoms with Crippen LogP contribution in [0, 0.1) is 5.92 Å². The number of nitrogens with zero attached hydrogens (tertiary/aromatic N) is 1.